The summed E-state index contributed by atoms with van der Waals surface area (Å²) in [6.07, 6.45) is 1.81. The van der Waals surface area contributed by atoms with Crippen LogP contribution in [-0.2, 0) is 21.1 Å². The Labute approximate surface area is 284 Å². The molecule has 3 aromatic heterocycles. The molecule has 0 unspecified atom stereocenters. The quantitative estimate of drug-likeness (QED) is 0.164. The number of fused-ring (bicyclic) bond motifs is 3. The molecule has 1 N–H and O–H groups in total. The average Bonchev–Trinajstić information content (AvgIpc) is 3.38. The third-order valence-electron chi connectivity index (χ3n) is 8.38. The van der Waals surface area contributed by atoms with Crippen LogP contribution in [0.25, 0.3) is 38.9 Å². The molecule has 0 aliphatic rings. The van der Waals surface area contributed by atoms with Gasteiger partial charge in [-0.15, -0.1) is 29.8 Å². The summed E-state index contributed by atoms with van der Waals surface area (Å²) in [5.74, 6) is 1.62. The van der Waals surface area contributed by atoms with Crippen LogP contribution in [0.5, 0.6) is 5.75 Å². The molecule has 5 nitrogen and oxygen atoms in total. The van der Waals surface area contributed by atoms with Crippen LogP contribution >= 0.6 is 0 Å². The number of phenols is 1. The molecule has 232 valence electrons. The summed E-state index contributed by atoms with van der Waals surface area (Å²) in [7, 11) is 0. The number of para-hydroxylation sites is 3. The Bertz CT molecular complexity index is 2100. The molecule has 0 radical (unpaired) electrons. The van der Waals surface area contributed by atoms with Crippen molar-refractivity contribution in [3.63, 3.8) is 0 Å². The maximum atomic E-state index is 11.0. The first kappa shape index (κ1) is 31.3. The first-order valence-corrected chi connectivity index (χ1v) is 15.5. The molecule has 0 amide bonds. The van der Waals surface area contributed by atoms with E-state index in [0.717, 1.165) is 55.9 Å². The minimum absolute atomic E-state index is 0. The Kier molecular flexibility index (Phi) is 8.79. The zero-order chi connectivity index (χ0) is 31.1. The van der Waals surface area contributed by atoms with Gasteiger partial charge in [0, 0.05) is 43.7 Å². The van der Waals surface area contributed by atoms with Crippen molar-refractivity contribution in [1.29, 1.82) is 0 Å². The van der Waals surface area contributed by atoms with Crippen LogP contribution in [0.1, 0.15) is 50.7 Å². The number of pyridine rings is 2. The van der Waals surface area contributed by atoms with Crippen molar-refractivity contribution in [2.75, 3.05) is 4.90 Å². The van der Waals surface area contributed by atoms with Gasteiger partial charge in [-0.1, -0.05) is 81.8 Å². The maximum absolute atomic E-state index is 11.0. The smallest absolute Gasteiger partial charge is 0.139 e. The van der Waals surface area contributed by atoms with Gasteiger partial charge in [-0.25, -0.2) is 4.98 Å². The predicted molar refractivity (Wildman–Crippen MR) is 185 cm³/mol. The SMILES string of the molecule is CC(C)c1ccc2c(c1)c1cc(C(C)C)c(-c3[c-]c(N(c4ccccc4)c4ccccn4)ccc3)nc1n2-c1ccccc1O.[Pt]. The van der Waals surface area contributed by atoms with E-state index >= 15 is 0 Å². The standard InChI is InChI=1S/C40H35N4O.Pt/c1-26(2)28-20-21-35-33(24-28)34-25-32(27(3)4)39(42-40(34)44(35)36-17-8-9-18-37(36)45)29-13-12-16-31(23-29)43(30-14-6-5-7-15-30)38-19-10-11-22-41-38;/h5-22,24-27,45H,1-4H3;/q-1;. The van der Waals surface area contributed by atoms with Crippen molar-refractivity contribution in [2.24, 2.45) is 0 Å². The molecule has 7 rings (SSSR count). The molecule has 0 bridgehead atoms. The molecule has 0 atom stereocenters. The third-order valence-corrected chi connectivity index (χ3v) is 8.38. The maximum Gasteiger partial charge on any atom is 0.139 e. The van der Waals surface area contributed by atoms with Crippen LogP contribution in [-0.4, -0.2) is 19.6 Å². The summed E-state index contributed by atoms with van der Waals surface area (Å²) in [6.45, 7) is 8.85. The van der Waals surface area contributed by atoms with E-state index in [-0.39, 0.29) is 32.7 Å². The molecule has 7 aromatic rings. The van der Waals surface area contributed by atoms with Crippen LogP contribution in [0.15, 0.2) is 121 Å². The van der Waals surface area contributed by atoms with Crippen molar-refractivity contribution in [3.8, 4) is 22.7 Å². The summed E-state index contributed by atoms with van der Waals surface area (Å²) in [6, 6.07) is 42.5. The number of phenolic OH excluding ortho intramolecular Hbond substituents is 1. The molecule has 6 heteroatoms. The Morgan fingerprint density at radius 1 is 0.739 bits per heavy atom. The number of anilines is 3. The van der Waals surface area contributed by atoms with Gasteiger partial charge in [-0.05, 0) is 77.3 Å². The minimum atomic E-state index is 0. The first-order valence-electron chi connectivity index (χ1n) is 15.5. The third kappa shape index (κ3) is 5.61. The fraction of sp³-hybridized carbons (Fsp3) is 0.150. The van der Waals surface area contributed by atoms with Gasteiger partial charge in [-0.2, -0.15) is 0 Å². The first-order chi connectivity index (χ1) is 21.9. The van der Waals surface area contributed by atoms with Crippen molar-refractivity contribution in [3.05, 3.63) is 139 Å². The number of aromatic hydroxyl groups is 1. The second kappa shape index (κ2) is 12.9. The van der Waals surface area contributed by atoms with Gasteiger partial charge in [-0.3, -0.25) is 9.55 Å². The van der Waals surface area contributed by atoms with Crippen LogP contribution in [0.2, 0.25) is 0 Å². The molecule has 0 fully saturated rings. The minimum Gasteiger partial charge on any atom is -0.506 e. The van der Waals surface area contributed by atoms with Crippen LogP contribution < -0.4 is 4.90 Å². The van der Waals surface area contributed by atoms with Crippen molar-refractivity contribution >= 4 is 39.1 Å². The fourth-order valence-corrected chi connectivity index (χ4v) is 6.06. The van der Waals surface area contributed by atoms with Crippen molar-refractivity contribution in [1.82, 2.24) is 14.5 Å². The Morgan fingerprint density at radius 2 is 1.50 bits per heavy atom. The van der Waals surface area contributed by atoms with E-state index in [0.29, 0.717) is 11.6 Å². The Balaban J connectivity index is 0.00000372. The number of nitrogens with zero attached hydrogens (tertiary/aromatic N) is 4. The molecular weight excluding hydrogens is 748 g/mol. The van der Waals surface area contributed by atoms with Crippen LogP contribution in [0.3, 0.4) is 0 Å². The molecule has 0 saturated carbocycles. The topological polar surface area (TPSA) is 54.2 Å². The number of benzene rings is 4. The monoisotopic (exact) mass is 782 g/mol. The summed E-state index contributed by atoms with van der Waals surface area (Å²) in [5, 5.41) is 13.2. The Morgan fingerprint density at radius 3 is 2.22 bits per heavy atom. The van der Waals surface area contributed by atoms with Crippen LogP contribution in [0, 0.1) is 6.07 Å². The van der Waals surface area contributed by atoms with E-state index in [1.165, 1.54) is 5.56 Å². The summed E-state index contributed by atoms with van der Waals surface area (Å²) in [5.41, 5.74) is 8.57. The van der Waals surface area contributed by atoms with E-state index in [1.54, 1.807) is 6.07 Å². The zero-order valence-corrected chi connectivity index (χ0v) is 28.5. The number of rotatable bonds is 7. The fourth-order valence-electron chi connectivity index (χ4n) is 6.06. The Hall–Kier alpha value is -4.73. The second-order valence-electron chi connectivity index (χ2n) is 12.0. The van der Waals surface area contributed by atoms with Crippen molar-refractivity contribution in [2.45, 2.75) is 39.5 Å². The molecular formula is C40H35N4OPt-. The van der Waals surface area contributed by atoms with Crippen molar-refractivity contribution < 1.29 is 26.2 Å². The second-order valence-corrected chi connectivity index (χ2v) is 12.0. The van der Waals surface area contributed by atoms with E-state index in [1.807, 2.05) is 60.8 Å². The van der Waals surface area contributed by atoms with E-state index in [4.69, 9.17) is 4.98 Å². The molecule has 3 heterocycles. The van der Waals surface area contributed by atoms with Gasteiger partial charge in [0.2, 0.25) is 0 Å². The normalized spacial score (nSPS) is 11.3. The number of hydrogen-bond acceptors (Lipinski definition) is 4. The summed E-state index contributed by atoms with van der Waals surface area (Å²) in [4.78, 5) is 12.2. The molecule has 4 aromatic carbocycles. The summed E-state index contributed by atoms with van der Waals surface area (Å²) >= 11 is 0. The van der Waals surface area contributed by atoms with E-state index in [9.17, 15) is 5.11 Å². The number of aromatic nitrogens is 3. The molecule has 0 saturated heterocycles. The van der Waals surface area contributed by atoms with Gasteiger partial charge >= 0.3 is 0 Å². The molecule has 0 aliphatic heterocycles. The number of hydrogen-bond donors (Lipinski definition) is 1. The van der Waals surface area contributed by atoms with E-state index < -0.39 is 0 Å². The average molecular weight is 783 g/mol. The summed E-state index contributed by atoms with van der Waals surface area (Å²) < 4.78 is 2.09. The van der Waals surface area contributed by atoms with Gasteiger partial charge in [0.25, 0.3) is 0 Å². The molecule has 0 spiro atoms. The van der Waals surface area contributed by atoms with E-state index in [2.05, 4.69) is 103 Å². The van der Waals surface area contributed by atoms with Gasteiger partial charge in [0.1, 0.15) is 17.2 Å². The predicted octanol–water partition coefficient (Wildman–Crippen LogP) is 10.5. The van der Waals surface area contributed by atoms with Gasteiger partial charge < -0.3 is 10.0 Å². The van der Waals surface area contributed by atoms with Gasteiger partial charge in [0.05, 0.1) is 11.2 Å². The largest absolute Gasteiger partial charge is 0.506 e. The molecule has 0 aliphatic carbocycles. The molecule has 46 heavy (non-hydrogen) atoms. The van der Waals surface area contributed by atoms with Crippen LogP contribution in [0.4, 0.5) is 17.2 Å². The van der Waals surface area contributed by atoms with Gasteiger partial charge in [0.15, 0.2) is 0 Å². The zero-order valence-electron chi connectivity index (χ0n) is 26.3.